The Hall–Kier alpha value is -2.01. The molecular formula is C15H18F6NO4. The van der Waals surface area contributed by atoms with Crippen LogP contribution in [-0.2, 0) is 11.0 Å². The SMILES string of the molecule is C[C@@H](O)CNCCCOc1c[c]ccc1C(F)(F)F.O=C(O)C(F)(F)F. The summed E-state index contributed by atoms with van der Waals surface area (Å²) in [4.78, 5) is 8.90. The molecule has 149 valence electrons. The molecule has 1 aromatic carbocycles. The molecule has 0 fully saturated rings. The first-order valence-electron chi connectivity index (χ1n) is 7.24. The molecular weight excluding hydrogens is 372 g/mol. The van der Waals surface area contributed by atoms with Crippen LogP contribution in [0.4, 0.5) is 26.3 Å². The summed E-state index contributed by atoms with van der Waals surface area (Å²) in [6, 6.07) is 5.91. The Kier molecular flexibility index (Phi) is 10.0. The first kappa shape index (κ1) is 24.0. The highest BCUT2D eigenvalue weighted by Gasteiger charge is 2.38. The number of aliphatic hydroxyl groups is 1. The van der Waals surface area contributed by atoms with Crippen molar-refractivity contribution in [2.45, 2.75) is 31.8 Å². The highest BCUT2D eigenvalue weighted by atomic mass is 19.4. The molecule has 0 spiro atoms. The van der Waals surface area contributed by atoms with Crippen LogP contribution in [-0.4, -0.2) is 48.2 Å². The lowest BCUT2D eigenvalue weighted by atomic mass is 10.2. The number of aliphatic hydroxyl groups excluding tert-OH is 1. The Bertz CT molecular complexity index is 546. The fraction of sp³-hybridized carbons (Fsp3) is 0.533. The highest BCUT2D eigenvalue weighted by Crippen LogP contribution is 2.35. The van der Waals surface area contributed by atoms with Crippen molar-refractivity contribution in [1.29, 1.82) is 0 Å². The van der Waals surface area contributed by atoms with E-state index in [0.29, 0.717) is 19.5 Å². The van der Waals surface area contributed by atoms with Crippen LogP contribution < -0.4 is 10.1 Å². The van der Waals surface area contributed by atoms with Crippen molar-refractivity contribution in [2.75, 3.05) is 19.7 Å². The molecule has 0 aromatic heterocycles. The second-order valence-electron chi connectivity index (χ2n) is 4.98. The summed E-state index contributed by atoms with van der Waals surface area (Å²) in [5.41, 5.74) is -0.789. The van der Waals surface area contributed by atoms with Crippen molar-refractivity contribution in [3.05, 3.63) is 29.8 Å². The maximum absolute atomic E-state index is 12.6. The molecule has 1 radical (unpaired) electrons. The molecule has 0 aliphatic rings. The second-order valence-corrected chi connectivity index (χ2v) is 4.98. The molecule has 0 saturated heterocycles. The van der Waals surface area contributed by atoms with Crippen molar-refractivity contribution in [2.24, 2.45) is 0 Å². The van der Waals surface area contributed by atoms with Crippen LogP contribution in [0.25, 0.3) is 0 Å². The van der Waals surface area contributed by atoms with Gasteiger partial charge in [-0.3, -0.25) is 0 Å². The largest absolute Gasteiger partial charge is 0.493 e. The molecule has 5 nitrogen and oxygen atoms in total. The van der Waals surface area contributed by atoms with Gasteiger partial charge < -0.3 is 20.3 Å². The fourth-order valence-corrected chi connectivity index (χ4v) is 1.46. The summed E-state index contributed by atoms with van der Waals surface area (Å²) in [6.07, 6.45) is -9.39. The van der Waals surface area contributed by atoms with Crippen molar-refractivity contribution in [3.63, 3.8) is 0 Å². The summed E-state index contributed by atoms with van der Waals surface area (Å²) >= 11 is 0. The average molecular weight is 390 g/mol. The van der Waals surface area contributed by atoms with Crippen molar-refractivity contribution >= 4 is 5.97 Å². The van der Waals surface area contributed by atoms with Crippen LogP contribution in [0.3, 0.4) is 0 Å². The Morgan fingerprint density at radius 1 is 1.31 bits per heavy atom. The van der Waals surface area contributed by atoms with E-state index in [0.717, 1.165) is 6.07 Å². The van der Waals surface area contributed by atoms with Crippen LogP contribution in [0.1, 0.15) is 18.9 Å². The van der Waals surface area contributed by atoms with Crippen LogP contribution in [0.2, 0.25) is 0 Å². The van der Waals surface area contributed by atoms with Crippen LogP contribution in [0.15, 0.2) is 18.2 Å². The van der Waals surface area contributed by atoms with Crippen molar-refractivity contribution in [3.8, 4) is 5.75 Å². The maximum Gasteiger partial charge on any atom is 0.490 e. The van der Waals surface area contributed by atoms with Gasteiger partial charge in [-0.2, -0.15) is 26.3 Å². The maximum atomic E-state index is 12.6. The third kappa shape index (κ3) is 10.8. The first-order valence-corrected chi connectivity index (χ1v) is 7.24. The quantitative estimate of drug-likeness (QED) is 0.493. The van der Waals surface area contributed by atoms with Gasteiger partial charge >= 0.3 is 18.3 Å². The zero-order valence-corrected chi connectivity index (χ0v) is 13.6. The van der Waals surface area contributed by atoms with Gasteiger partial charge in [0.25, 0.3) is 0 Å². The summed E-state index contributed by atoms with van der Waals surface area (Å²) < 4.78 is 74.8. The van der Waals surface area contributed by atoms with E-state index < -0.39 is 30.0 Å². The van der Waals surface area contributed by atoms with E-state index in [9.17, 15) is 26.3 Å². The van der Waals surface area contributed by atoms with E-state index >= 15 is 0 Å². The number of aliphatic carboxylic acids is 1. The van der Waals surface area contributed by atoms with Gasteiger partial charge in [0, 0.05) is 6.54 Å². The molecule has 1 rings (SSSR count). The van der Waals surface area contributed by atoms with Gasteiger partial charge in [-0.25, -0.2) is 4.79 Å². The van der Waals surface area contributed by atoms with Gasteiger partial charge in [0.1, 0.15) is 5.75 Å². The van der Waals surface area contributed by atoms with Gasteiger partial charge in [0.2, 0.25) is 0 Å². The Labute approximate surface area is 145 Å². The molecule has 0 aliphatic carbocycles. The number of carboxylic acid groups (broad SMARTS) is 1. The molecule has 0 aliphatic heterocycles. The molecule has 0 unspecified atom stereocenters. The number of halogens is 6. The van der Waals surface area contributed by atoms with Gasteiger partial charge in [-0.15, -0.1) is 0 Å². The van der Waals surface area contributed by atoms with Crippen LogP contribution in [0, 0.1) is 6.07 Å². The Morgan fingerprint density at radius 3 is 2.35 bits per heavy atom. The molecule has 11 heteroatoms. The van der Waals surface area contributed by atoms with E-state index in [1.54, 1.807) is 6.92 Å². The number of alkyl halides is 6. The van der Waals surface area contributed by atoms with E-state index in [1.165, 1.54) is 12.1 Å². The summed E-state index contributed by atoms with van der Waals surface area (Å²) in [5.74, 6) is -2.96. The van der Waals surface area contributed by atoms with Gasteiger partial charge in [-0.05, 0) is 38.1 Å². The number of carbonyl (C=O) groups is 1. The smallest absolute Gasteiger partial charge is 0.490 e. The van der Waals surface area contributed by atoms with Crippen molar-refractivity contribution < 1.29 is 46.1 Å². The zero-order chi connectivity index (χ0) is 20.4. The summed E-state index contributed by atoms with van der Waals surface area (Å²) in [6.45, 7) is 2.85. The number of rotatable bonds is 7. The third-order valence-corrected chi connectivity index (χ3v) is 2.57. The average Bonchev–Trinajstić information content (AvgIpc) is 2.49. The summed E-state index contributed by atoms with van der Waals surface area (Å²) in [5, 5.41) is 19.1. The van der Waals surface area contributed by atoms with E-state index in [4.69, 9.17) is 19.7 Å². The molecule has 1 aromatic rings. The minimum absolute atomic E-state index is 0.174. The van der Waals surface area contributed by atoms with Gasteiger partial charge in [0.05, 0.1) is 18.3 Å². The van der Waals surface area contributed by atoms with Crippen molar-refractivity contribution in [1.82, 2.24) is 5.32 Å². The Morgan fingerprint density at radius 2 is 1.88 bits per heavy atom. The van der Waals surface area contributed by atoms with Gasteiger partial charge in [0.15, 0.2) is 0 Å². The minimum Gasteiger partial charge on any atom is -0.493 e. The second kappa shape index (κ2) is 10.9. The molecule has 1 atom stereocenters. The summed E-state index contributed by atoms with van der Waals surface area (Å²) in [7, 11) is 0. The highest BCUT2D eigenvalue weighted by molar-refractivity contribution is 5.73. The number of benzene rings is 1. The lowest BCUT2D eigenvalue weighted by molar-refractivity contribution is -0.192. The Balaban J connectivity index is 0.000000758. The lowest BCUT2D eigenvalue weighted by Crippen LogP contribution is -2.26. The molecule has 26 heavy (non-hydrogen) atoms. The first-order chi connectivity index (χ1) is 11.9. The predicted octanol–water partition coefficient (Wildman–Crippen LogP) is 2.88. The zero-order valence-electron chi connectivity index (χ0n) is 13.6. The monoisotopic (exact) mass is 390 g/mol. The number of nitrogens with one attached hydrogen (secondary N) is 1. The standard InChI is InChI=1S/C13H17F3NO2.C2HF3O2/c1-10(18)9-17-7-4-8-19-12-6-3-2-5-11(12)13(14,15)16;3-2(4,5)1(6)7/h2,5-6,10,17-18H,4,7-9H2,1H3;(H,6,7)/t10-;/m1./s1. The molecule has 3 N–H and O–H groups in total. The van der Waals surface area contributed by atoms with Crippen LogP contribution in [0.5, 0.6) is 5.75 Å². The molecule has 0 heterocycles. The molecule has 0 bridgehead atoms. The number of ether oxygens (including phenoxy) is 1. The van der Waals surface area contributed by atoms with E-state index in [-0.39, 0.29) is 12.4 Å². The van der Waals surface area contributed by atoms with E-state index in [1.807, 2.05) is 0 Å². The number of carboxylic acids is 1. The fourth-order valence-electron chi connectivity index (χ4n) is 1.46. The minimum atomic E-state index is -5.08. The number of hydrogen-bond donors (Lipinski definition) is 3. The van der Waals surface area contributed by atoms with Gasteiger partial charge in [-0.1, -0.05) is 6.07 Å². The normalized spacial score (nSPS) is 12.8. The number of hydrogen-bond acceptors (Lipinski definition) is 4. The lowest BCUT2D eigenvalue weighted by Gasteiger charge is -2.13. The topological polar surface area (TPSA) is 78.8 Å². The van der Waals surface area contributed by atoms with E-state index in [2.05, 4.69) is 11.4 Å². The van der Waals surface area contributed by atoms with Crippen LogP contribution >= 0.6 is 0 Å². The molecule has 0 amide bonds. The predicted molar refractivity (Wildman–Crippen MR) is 78.6 cm³/mol. The third-order valence-electron chi connectivity index (χ3n) is 2.57. The molecule has 0 saturated carbocycles.